The van der Waals surface area contributed by atoms with Crippen molar-refractivity contribution in [2.24, 2.45) is 0 Å². The molecular weight excluding hydrogens is 141 g/mol. The molecule has 0 bridgehead atoms. The molecule has 0 spiro atoms. The second kappa shape index (κ2) is 9.31. The predicted molar refractivity (Wildman–Crippen MR) is 48.8 cm³/mol. The van der Waals surface area contributed by atoms with E-state index in [-0.39, 0.29) is 29.6 Å². The number of hydrogen-bond donors (Lipinski definition) is 1. The van der Waals surface area contributed by atoms with Crippen LogP contribution in [0.1, 0.15) is 13.8 Å². The maximum absolute atomic E-state index is 4.13. The Morgan fingerprint density at radius 1 is 1.22 bits per heavy atom. The van der Waals surface area contributed by atoms with Crippen LogP contribution in [0.15, 0.2) is 0 Å². The van der Waals surface area contributed by atoms with E-state index in [1.807, 2.05) is 0 Å². The van der Waals surface area contributed by atoms with Crippen LogP contribution in [-0.4, -0.2) is 59.8 Å². The molecule has 0 amide bonds. The number of rotatable bonds is 4. The van der Waals surface area contributed by atoms with Gasteiger partial charge in [0, 0.05) is 12.3 Å². The van der Waals surface area contributed by atoms with Crippen LogP contribution in [0.25, 0.3) is 0 Å². The zero-order valence-corrected chi connectivity index (χ0v) is 6.62. The van der Waals surface area contributed by atoms with Gasteiger partial charge >= 0.3 is 29.6 Å². The minimum absolute atomic E-state index is 0. The van der Waals surface area contributed by atoms with Crippen molar-refractivity contribution in [2.45, 2.75) is 13.8 Å². The summed E-state index contributed by atoms with van der Waals surface area (Å²) >= 11 is 4.13. The third kappa shape index (κ3) is 7.20. The molecule has 1 nitrogen and oxygen atoms in total. The van der Waals surface area contributed by atoms with Gasteiger partial charge in [-0.3, -0.25) is 0 Å². The van der Waals surface area contributed by atoms with Crippen LogP contribution in [0.3, 0.4) is 0 Å². The van der Waals surface area contributed by atoms with Crippen LogP contribution in [-0.2, 0) is 0 Å². The van der Waals surface area contributed by atoms with Gasteiger partial charge in [-0.2, -0.15) is 12.6 Å². The Balaban J connectivity index is 0. The Kier molecular flexibility index (Phi) is 13.4. The van der Waals surface area contributed by atoms with Crippen LogP contribution in [0.5, 0.6) is 0 Å². The molecule has 0 aliphatic carbocycles. The maximum atomic E-state index is 4.13. The summed E-state index contributed by atoms with van der Waals surface area (Å²) in [7, 11) is 0. The molecule has 0 aromatic carbocycles. The summed E-state index contributed by atoms with van der Waals surface area (Å²) in [5.74, 6) is 0.974. The molecule has 0 saturated carbocycles. The fraction of sp³-hybridized carbons (Fsp3) is 1.00. The quantitative estimate of drug-likeness (QED) is 0.462. The van der Waals surface area contributed by atoms with Crippen molar-refractivity contribution in [1.29, 1.82) is 0 Å². The van der Waals surface area contributed by atoms with Crippen molar-refractivity contribution in [1.82, 2.24) is 4.90 Å². The van der Waals surface area contributed by atoms with Crippen molar-refractivity contribution in [2.75, 3.05) is 25.4 Å². The molecule has 0 fully saturated rings. The van der Waals surface area contributed by atoms with E-state index in [9.17, 15) is 0 Å². The van der Waals surface area contributed by atoms with Crippen LogP contribution in [0.2, 0.25) is 0 Å². The monoisotopic (exact) mass is 157 g/mol. The molecule has 0 aliphatic rings. The van der Waals surface area contributed by atoms with Gasteiger partial charge in [0.25, 0.3) is 0 Å². The fourth-order valence-corrected chi connectivity index (χ4v) is 0.964. The Hall–Kier alpha value is 1.31. The predicted octanol–water partition coefficient (Wildman–Crippen LogP) is 0.609. The van der Waals surface area contributed by atoms with Gasteiger partial charge in [0.1, 0.15) is 0 Å². The normalized spacial score (nSPS) is 9.33. The van der Waals surface area contributed by atoms with Crippen molar-refractivity contribution in [3.05, 3.63) is 0 Å². The summed E-state index contributed by atoms with van der Waals surface area (Å²) in [5, 5.41) is 0. The Labute approximate surface area is 85.9 Å². The molecule has 0 heterocycles. The van der Waals surface area contributed by atoms with E-state index in [1.54, 1.807) is 0 Å². The van der Waals surface area contributed by atoms with Gasteiger partial charge in [0.2, 0.25) is 0 Å². The molecule has 3 heteroatoms. The molecule has 0 aromatic rings. The first kappa shape index (κ1) is 12.9. The molecule has 0 N–H and O–H groups in total. The molecule has 0 unspecified atom stereocenters. The van der Waals surface area contributed by atoms with E-state index in [1.165, 1.54) is 0 Å². The first-order valence-electron chi connectivity index (χ1n) is 3.18. The second-order valence-electron chi connectivity index (χ2n) is 1.75. The topological polar surface area (TPSA) is 3.24 Å². The van der Waals surface area contributed by atoms with Gasteiger partial charge in [0.15, 0.2) is 0 Å². The van der Waals surface area contributed by atoms with Gasteiger partial charge in [-0.25, -0.2) is 0 Å². The third-order valence-electron chi connectivity index (χ3n) is 1.31. The van der Waals surface area contributed by atoms with Crippen molar-refractivity contribution >= 4 is 42.2 Å². The number of hydrogen-bond acceptors (Lipinski definition) is 2. The first-order chi connectivity index (χ1) is 3.85. The second-order valence-corrected chi connectivity index (χ2v) is 2.20. The fourth-order valence-electron chi connectivity index (χ4n) is 0.681. The van der Waals surface area contributed by atoms with Crippen molar-refractivity contribution in [3.63, 3.8) is 0 Å². The van der Waals surface area contributed by atoms with Gasteiger partial charge in [0.05, 0.1) is 0 Å². The van der Waals surface area contributed by atoms with Crippen LogP contribution >= 0.6 is 12.6 Å². The zero-order valence-electron chi connectivity index (χ0n) is 5.72. The van der Waals surface area contributed by atoms with Crippen LogP contribution < -0.4 is 0 Å². The molecule has 0 atom stereocenters. The number of thiol groups is 1. The van der Waals surface area contributed by atoms with E-state index < -0.39 is 0 Å². The number of nitrogens with zero attached hydrogens (tertiary/aromatic N) is 1. The van der Waals surface area contributed by atoms with E-state index in [2.05, 4.69) is 31.4 Å². The van der Waals surface area contributed by atoms with Crippen LogP contribution in [0.4, 0.5) is 0 Å². The van der Waals surface area contributed by atoms with Gasteiger partial charge in [-0.15, -0.1) is 0 Å². The van der Waals surface area contributed by atoms with Gasteiger partial charge in [-0.1, -0.05) is 13.8 Å². The summed E-state index contributed by atoms with van der Waals surface area (Å²) in [6.07, 6.45) is 0. The summed E-state index contributed by atoms with van der Waals surface area (Å²) in [6, 6.07) is 0. The third-order valence-corrected chi connectivity index (χ3v) is 1.51. The van der Waals surface area contributed by atoms with E-state index in [0.29, 0.717) is 0 Å². The Bertz CT molecular complexity index is 48.3. The van der Waals surface area contributed by atoms with Crippen molar-refractivity contribution < 1.29 is 0 Å². The standard InChI is InChI=1S/C6H15NS.Na.H/c1-3-7(4-2)5-6-8;;/h8H,3-6H2,1-2H3;;. The molecule has 52 valence electrons. The Morgan fingerprint density at radius 2 is 1.67 bits per heavy atom. The van der Waals surface area contributed by atoms with Crippen LogP contribution in [0, 0.1) is 0 Å². The molecule has 0 rings (SSSR count). The first-order valence-corrected chi connectivity index (χ1v) is 3.81. The molecule has 0 saturated heterocycles. The minimum atomic E-state index is 0. The van der Waals surface area contributed by atoms with Gasteiger partial charge in [-0.05, 0) is 13.1 Å². The molecule has 0 aliphatic heterocycles. The summed E-state index contributed by atoms with van der Waals surface area (Å²) in [4.78, 5) is 2.35. The average Bonchev–Trinajstić information content (AvgIpc) is 1.83. The summed E-state index contributed by atoms with van der Waals surface area (Å²) in [6.45, 7) is 7.77. The SMILES string of the molecule is CCN(CC)CCS.[NaH]. The van der Waals surface area contributed by atoms with Gasteiger partial charge < -0.3 is 4.90 Å². The summed E-state index contributed by atoms with van der Waals surface area (Å²) in [5.41, 5.74) is 0. The molecule has 9 heavy (non-hydrogen) atoms. The van der Waals surface area contributed by atoms with E-state index in [0.717, 1.165) is 25.4 Å². The zero-order chi connectivity index (χ0) is 6.41. The average molecular weight is 157 g/mol. The van der Waals surface area contributed by atoms with Crippen molar-refractivity contribution in [3.8, 4) is 0 Å². The summed E-state index contributed by atoms with van der Waals surface area (Å²) < 4.78 is 0. The van der Waals surface area contributed by atoms with E-state index in [4.69, 9.17) is 0 Å². The molecule has 0 radical (unpaired) electrons. The Morgan fingerprint density at radius 3 is 1.78 bits per heavy atom. The molecular formula is C6H16NNaS. The van der Waals surface area contributed by atoms with E-state index >= 15 is 0 Å². The molecule has 0 aromatic heterocycles.